The first-order valence-electron chi connectivity index (χ1n) is 8.30. The Bertz CT molecular complexity index is 437. The number of allylic oxidation sites excluding steroid dienone is 1. The summed E-state index contributed by atoms with van der Waals surface area (Å²) in [6.07, 6.45) is 7.17. The van der Waals surface area contributed by atoms with Crippen molar-refractivity contribution >= 4 is 14.2 Å². The van der Waals surface area contributed by atoms with E-state index in [0.29, 0.717) is 0 Å². The quantitative estimate of drug-likeness (QED) is 0.484. The summed E-state index contributed by atoms with van der Waals surface area (Å²) in [6.45, 7) is 13.3. The Labute approximate surface area is 130 Å². The molecule has 120 valence electrons. The number of hydrogen-bond acceptors (Lipinski definition) is 2. The summed E-state index contributed by atoms with van der Waals surface area (Å²) in [4.78, 5) is 12.1. The zero-order chi connectivity index (χ0) is 15.8. The number of carbonyl (C=O) groups is 1. The number of carbonyl (C=O) groups excluding carboxylic acids is 1. The van der Waals surface area contributed by atoms with Crippen LogP contribution in [0.5, 0.6) is 0 Å². The van der Waals surface area contributed by atoms with Crippen LogP contribution in [0.4, 0.5) is 0 Å². The molecule has 0 spiro atoms. The Kier molecular flexibility index (Phi) is 4.69. The molecule has 1 aliphatic heterocycles. The van der Waals surface area contributed by atoms with Gasteiger partial charge in [0, 0.05) is 0 Å². The minimum Gasteiger partial charge on any atom is -0.413 e. The van der Waals surface area contributed by atoms with Crippen molar-refractivity contribution in [3.63, 3.8) is 0 Å². The van der Waals surface area contributed by atoms with Crippen LogP contribution in [0.2, 0.25) is 18.1 Å². The molecule has 1 N–H and O–H groups in total. The SMILES string of the molecule is C[C@@H](O[Si](C)(C)C(C)(C)C)C1C(=O)NC1C1=CCCCC1. The third kappa shape index (κ3) is 3.42. The molecule has 0 aromatic rings. The third-order valence-corrected chi connectivity index (χ3v) is 10.1. The van der Waals surface area contributed by atoms with Gasteiger partial charge < -0.3 is 9.74 Å². The highest BCUT2D eigenvalue weighted by Crippen LogP contribution is 2.40. The number of β-lactam (4-membered cyclic amide) rings is 1. The molecule has 3 nitrogen and oxygen atoms in total. The van der Waals surface area contributed by atoms with Gasteiger partial charge in [0.15, 0.2) is 8.32 Å². The molecule has 1 fully saturated rings. The minimum atomic E-state index is -1.82. The normalized spacial score (nSPS) is 28.5. The van der Waals surface area contributed by atoms with Gasteiger partial charge in [-0.2, -0.15) is 0 Å². The molecule has 2 unspecified atom stereocenters. The fourth-order valence-corrected chi connectivity index (χ4v) is 4.49. The summed E-state index contributed by atoms with van der Waals surface area (Å²) in [7, 11) is -1.82. The maximum atomic E-state index is 12.1. The molecule has 4 heteroatoms. The Morgan fingerprint density at radius 3 is 2.48 bits per heavy atom. The van der Waals surface area contributed by atoms with Gasteiger partial charge in [-0.15, -0.1) is 0 Å². The number of rotatable bonds is 4. The second-order valence-electron chi connectivity index (χ2n) is 8.12. The lowest BCUT2D eigenvalue weighted by Gasteiger charge is -2.46. The van der Waals surface area contributed by atoms with Crippen LogP contribution < -0.4 is 5.32 Å². The van der Waals surface area contributed by atoms with Crippen molar-refractivity contribution in [2.45, 2.75) is 83.7 Å². The summed E-state index contributed by atoms with van der Waals surface area (Å²) in [5.41, 5.74) is 1.43. The van der Waals surface area contributed by atoms with Crippen LogP contribution in [0.3, 0.4) is 0 Å². The monoisotopic (exact) mass is 309 g/mol. The molecule has 0 aromatic carbocycles. The van der Waals surface area contributed by atoms with Gasteiger partial charge in [0.1, 0.15) is 0 Å². The van der Waals surface area contributed by atoms with Crippen LogP contribution in [-0.2, 0) is 9.22 Å². The Balaban J connectivity index is 2.05. The van der Waals surface area contributed by atoms with Gasteiger partial charge in [-0.05, 0) is 50.7 Å². The van der Waals surface area contributed by atoms with E-state index in [9.17, 15) is 4.79 Å². The summed E-state index contributed by atoms with van der Waals surface area (Å²) in [5, 5.41) is 3.28. The second-order valence-corrected chi connectivity index (χ2v) is 12.9. The predicted molar refractivity (Wildman–Crippen MR) is 89.7 cm³/mol. The molecule has 0 radical (unpaired) electrons. The highest BCUT2D eigenvalue weighted by molar-refractivity contribution is 6.74. The van der Waals surface area contributed by atoms with E-state index in [1.54, 1.807) is 0 Å². The van der Waals surface area contributed by atoms with Crippen molar-refractivity contribution in [2.75, 3.05) is 0 Å². The highest BCUT2D eigenvalue weighted by atomic mass is 28.4. The van der Waals surface area contributed by atoms with Crippen LogP contribution in [0.1, 0.15) is 53.4 Å². The predicted octanol–water partition coefficient (Wildman–Crippen LogP) is 4.01. The van der Waals surface area contributed by atoms with Crippen molar-refractivity contribution < 1.29 is 9.22 Å². The van der Waals surface area contributed by atoms with Crippen molar-refractivity contribution in [2.24, 2.45) is 5.92 Å². The van der Waals surface area contributed by atoms with Crippen LogP contribution >= 0.6 is 0 Å². The summed E-state index contributed by atoms with van der Waals surface area (Å²) < 4.78 is 6.45. The lowest BCUT2D eigenvalue weighted by molar-refractivity contribution is -0.138. The molecule has 1 heterocycles. The average Bonchev–Trinajstić information content (AvgIpc) is 2.34. The van der Waals surface area contributed by atoms with Gasteiger partial charge in [0.2, 0.25) is 5.91 Å². The van der Waals surface area contributed by atoms with Gasteiger partial charge in [-0.3, -0.25) is 4.79 Å². The van der Waals surface area contributed by atoms with E-state index in [-0.39, 0.29) is 29.0 Å². The molecule has 2 rings (SSSR count). The third-order valence-electron chi connectivity index (χ3n) is 5.48. The molecule has 0 saturated carbocycles. The average molecular weight is 310 g/mol. The first kappa shape index (κ1) is 16.8. The van der Waals surface area contributed by atoms with Gasteiger partial charge in [-0.25, -0.2) is 0 Å². The minimum absolute atomic E-state index is 0.00322. The first-order valence-corrected chi connectivity index (χ1v) is 11.2. The second kappa shape index (κ2) is 5.88. The molecule has 1 aliphatic carbocycles. The topological polar surface area (TPSA) is 38.3 Å². The Hall–Kier alpha value is -0.613. The molecule has 3 atom stereocenters. The summed E-state index contributed by atoms with van der Waals surface area (Å²) in [6, 6.07) is 0.220. The molecule has 1 saturated heterocycles. The zero-order valence-electron chi connectivity index (χ0n) is 14.5. The molecular weight excluding hydrogens is 278 g/mol. The number of hydrogen-bond donors (Lipinski definition) is 1. The van der Waals surface area contributed by atoms with E-state index in [4.69, 9.17) is 4.43 Å². The van der Waals surface area contributed by atoms with E-state index in [1.807, 2.05) is 0 Å². The van der Waals surface area contributed by atoms with Crippen molar-refractivity contribution in [3.05, 3.63) is 11.6 Å². The number of amides is 1. The first-order chi connectivity index (χ1) is 9.63. The lowest BCUT2D eigenvalue weighted by Crippen LogP contribution is -2.64. The van der Waals surface area contributed by atoms with E-state index < -0.39 is 8.32 Å². The molecule has 2 aliphatic rings. The standard InChI is InChI=1S/C17H31NO2Si/c1-12(20-21(5,6)17(2,3)4)14-15(18-16(14)19)13-10-8-7-9-11-13/h10,12,14-15H,7-9,11H2,1-6H3,(H,18,19)/t12-,14?,15?/m1/s1. The van der Waals surface area contributed by atoms with Crippen molar-refractivity contribution in [3.8, 4) is 0 Å². The van der Waals surface area contributed by atoms with Gasteiger partial charge in [-0.1, -0.05) is 32.4 Å². The Morgan fingerprint density at radius 1 is 1.33 bits per heavy atom. The van der Waals surface area contributed by atoms with E-state index in [2.05, 4.69) is 52.2 Å². The van der Waals surface area contributed by atoms with Crippen LogP contribution in [0, 0.1) is 5.92 Å². The van der Waals surface area contributed by atoms with Crippen LogP contribution in [0.25, 0.3) is 0 Å². The van der Waals surface area contributed by atoms with Crippen LogP contribution in [0.15, 0.2) is 11.6 Å². The van der Waals surface area contributed by atoms with Crippen molar-refractivity contribution in [1.29, 1.82) is 0 Å². The molecule has 0 bridgehead atoms. The van der Waals surface area contributed by atoms with Gasteiger partial charge in [0.05, 0.1) is 18.1 Å². The van der Waals surface area contributed by atoms with E-state index >= 15 is 0 Å². The molecular formula is C17H31NO2Si. The van der Waals surface area contributed by atoms with E-state index in [0.717, 1.165) is 12.8 Å². The maximum Gasteiger partial charge on any atom is 0.228 e. The fraction of sp³-hybridized carbons (Fsp3) is 0.824. The lowest BCUT2D eigenvalue weighted by atomic mass is 9.78. The van der Waals surface area contributed by atoms with Gasteiger partial charge in [0.25, 0.3) is 0 Å². The van der Waals surface area contributed by atoms with Crippen LogP contribution in [-0.4, -0.2) is 26.4 Å². The highest BCUT2D eigenvalue weighted by Gasteiger charge is 2.48. The van der Waals surface area contributed by atoms with Gasteiger partial charge >= 0.3 is 0 Å². The smallest absolute Gasteiger partial charge is 0.228 e. The maximum absolute atomic E-state index is 12.1. The summed E-state index contributed by atoms with van der Waals surface area (Å²) in [5.74, 6) is 0.168. The fourth-order valence-electron chi connectivity index (χ4n) is 3.06. The largest absolute Gasteiger partial charge is 0.413 e. The molecule has 21 heavy (non-hydrogen) atoms. The van der Waals surface area contributed by atoms with Crippen molar-refractivity contribution in [1.82, 2.24) is 5.32 Å². The number of nitrogens with one attached hydrogen (secondary N) is 1. The molecule has 1 amide bonds. The van der Waals surface area contributed by atoms with E-state index in [1.165, 1.54) is 18.4 Å². The molecule has 0 aromatic heterocycles. The Morgan fingerprint density at radius 2 is 2.00 bits per heavy atom. The summed E-state index contributed by atoms with van der Waals surface area (Å²) >= 11 is 0. The zero-order valence-corrected chi connectivity index (χ0v) is 15.5.